The third-order valence-electron chi connectivity index (χ3n) is 6.84. The van der Waals surface area contributed by atoms with Crippen molar-refractivity contribution in [1.29, 1.82) is 0 Å². The summed E-state index contributed by atoms with van der Waals surface area (Å²) in [6.07, 6.45) is 4.89. The summed E-state index contributed by atoms with van der Waals surface area (Å²) in [4.78, 5) is 26.5. The van der Waals surface area contributed by atoms with Crippen LogP contribution in [0.25, 0.3) is 0 Å². The molecule has 3 aliphatic heterocycles. The van der Waals surface area contributed by atoms with Crippen LogP contribution in [-0.4, -0.2) is 36.5 Å². The van der Waals surface area contributed by atoms with Crippen molar-refractivity contribution < 1.29 is 9.59 Å². The number of nitrogens with zero attached hydrogens (tertiary/aromatic N) is 2. The largest absolute Gasteiger partial charge is 0.371 e. The van der Waals surface area contributed by atoms with Gasteiger partial charge in [-0.3, -0.25) is 15.0 Å². The summed E-state index contributed by atoms with van der Waals surface area (Å²) in [6, 6.07) is 15.2. The number of imide groups is 1. The van der Waals surface area contributed by atoms with E-state index in [9.17, 15) is 9.59 Å². The Kier molecular flexibility index (Phi) is 5.64. The number of nitrogens with one attached hydrogen (secondary N) is 2. The Bertz CT molecular complexity index is 948. The molecule has 6 nitrogen and oxygen atoms in total. The van der Waals surface area contributed by atoms with Crippen molar-refractivity contribution in [2.75, 3.05) is 30.0 Å². The average molecular weight is 419 g/mol. The zero-order chi connectivity index (χ0) is 21.2. The van der Waals surface area contributed by atoms with Crippen molar-refractivity contribution in [3.63, 3.8) is 0 Å². The molecule has 31 heavy (non-hydrogen) atoms. The van der Waals surface area contributed by atoms with Crippen molar-refractivity contribution in [2.45, 2.75) is 51.0 Å². The minimum atomic E-state index is -0.147. The van der Waals surface area contributed by atoms with E-state index < -0.39 is 0 Å². The van der Waals surface area contributed by atoms with Gasteiger partial charge in [-0.1, -0.05) is 18.2 Å². The lowest BCUT2D eigenvalue weighted by atomic mass is 9.89. The average Bonchev–Trinajstić information content (AvgIpc) is 2.82. The van der Waals surface area contributed by atoms with Gasteiger partial charge >= 0.3 is 0 Å². The van der Waals surface area contributed by atoms with E-state index >= 15 is 0 Å². The van der Waals surface area contributed by atoms with Gasteiger partial charge in [0.25, 0.3) is 0 Å². The lowest BCUT2D eigenvalue weighted by Gasteiger charge is -2.34. The Morgan fingerprint density at radius 1 is 0.871 bits per heavy atom. The van der Waals surface area contributed by atoms with Crippen molar-refractivity contribution in [3.8, 4) is 0 Å². The highest BCUT2D eigenvalue weighted by Gasteiger charge is 2.26. The van der Waals surface area contributed by atoms with Gasteiger partial charge in [0.1, 0.15) is 0 Å². The first-order valence-corrected chi connectivity index (χ1v) is 11.5. The molecular formula is C25H30N4O2. The first kappa shape index (κ1) is 20.1. The van der Waals surface area contributed by atoms with Crippen molar-refractivity contribution in [2.24, 2.45) is 0 Å². The molecule has 2 amide bonds. The SMILES string of the molecule is O=C1CCCC(=O)N1Nc1ccc(C2CCN(c3ccc4c(c3)CCNC4)CC2)cc1. The summed E-state index contributed by atoms with van der Waals surface area (Å²) in [6.45, 7) is 4.20. The Hall–Kier alpha value is -2.86. The quantitative estimate of drug-likeness (QED) is 0.743. The summed E-state index contributed by atoms with van der Waals surface area (Å²) in [5.74, 6) is 0.252. The first-order valence-electron chi connectivity index (χ1n) is 11.5. The topological polar surface area (TPSA) is 64.7 Å². The number of amides is 2. The second-order valence-corrected chi connectivity index (χ2v) is 8.85. The molecule has 5 rings (SSSR count). The number of carbonyl (C=O) groups excluding carboxylic acids is 2. The molecule has 3 heterocycles. The molecule has 2 aromatic rings. The van der Waals surface area contributed by atoms with Crippen LogP contribution in [0, 0.1) is 0 Å². The van der Waals surface area contributed by atoms with Crippen molar-refractivity contribution >= 4 is 23.2 Å². The van der Waals surface area contributed by atoms with Gasteiger partial charge in [-0.25, -0.2) is 0 Å². The summed E-state index contributed by atoms with van der Waals surface area (Å²) < 4.78 is 0. The van der Waals surface area contributed by atoms with Crippen LogP contribution in [0.1, 0.15) is 54.7 Å². The number of hydrogen-bond acceptors (Lipinski definition) is 5. The van der Waals surface area contributed by atoms with Crippen molar-refractivity contribution in [3.05, 3.63) is 59.2 Å². The molecule has 162 valence electrons. The van der Waals surface area contributed by atoms with Crippen LogP contribution in [0.3, 0.4) is 0 Å². The molecule has 0 saturated carbocycles. The normalized spacial score (nSPS) is 20.0. The van der Waals surface area contributed by atoms with Gasteiger partial charge in [-0.15, -0.1) is 0 Å². The van der Waals surface area contributed by atoms with E-state index in [4.69, 9.17) is 0 Å². The van der Waals surface area contributed by atoms with Crippen LogP contribution in [0.4, 0.5) is 11.4 Å². The number of rotatable bonds is 4. The third kappa shape index (κ3) is 4.30. The highest BCUT2D eigenvalue weighted by atomic mass is 16.2. The smallest absolute Gasteiger partial charge is 0.248 e. The maximum Gasteiger partial charge on any atom is 0.248 e. The van der Waals surface area contributed by atoms with E-state index in [1.165, 1.54) is 27.4 Å². The standard InChI is InChI=1S/C25H30N4O2/c30-24-2-1-3-25(31)29(24)27-22-7-4-18(5-8-22)19-11-14-28(15-12-19)23-9-6-21-17-26-13-10-20(21)16-23/h4-9,16,19,26-27H,1-3,10-15,17H2. The molecule has 0 radical (unpaired) electrons. The molecule has 0 aliphatic carbocycles. The predicted octanol–water partition coefficient (Wildman–Crippen LogP) is 3.58. The molecule has 2 fully saturated rings. The summed E-state index contributed by atoms with van der Waals surface area (Å²) in [5.41, 5.74) is 9.39. The molecule has 3 aliphatic rings. The van der Waals surface area contributed by atoms with Gasteiger partial charge in [0.15, 0.2) is 0 Å². The third-order valence-corrected chi connectivity index (χ3v) is 6.84. The molecule has 2 saturated heterocycles. The molecule has 0 unspecified atom stereocenters. The number of benzene rings is 2. The van der Waals surface area contributed by atoms with E-state index in [1.807, 2.05) is 12.1 Å². The summed E-state index contributed by atoms with van der Waals surface area (Å²) in [7, 11) is 0. The Morgan fingerprint density at radius 3 is 2.35 bits per heavy atom. The first-order chi connectivity index (χ1) is 15.2. The van der Waals surface area contributed by atoms with Gasteiger partial charge < -0.3 is 10.2 Å². The fourth-order valence-electron chi connectivity index (χ4n) is 4.97. The molecular weight excluding hydrogens is 388 g/mol. The molecule has 2 aromatic carbocycles. The maximum absolute atomic E-state index is 12.0. The van der Waals surface area contributed by atoms with E-state index in [0.717, 1.165) is 51.1 Å². The van der Waals surface area contributed by atoms with Crippen LogP contribution >= 0.6 is 0 Å². The van der Waals surface area contributed by atoms with Crippen LogP contribution < -0.4 is 15.6 Å². The van der Waals surface area contributed by atoms with E-state index in [0.29, 0.717) is 25.2 Å². The highest BCUT2D eigenvalue weighted by molar-refractivity contribution is 5.98. The number of carbonyl (C=O) groups is 2. The van der Waals surface area contributed by atoms with E-state index in [2.05, 4.69) is 46.0 Å². The lowest BCUT2D eigenvalue weighted by molar-refractivity contribution is -0.146. The van der Waals surface area contributed by atoms with Gasteiger partial charge in [-0.2, -0.15) is 5.01 Å². The second kappa shape index (κ2) is 8.71. The number of anilines is 2. The van der Waals surface area contributed by atoms with Crippen LogP contribution in [0.5, 0.6) is 0 Å². The Labute approximate surface area is 183 Å². The molecule has 0 atom stereocenters. The number of hydrazine groups is 1. The molecule has 0 aromatic heterocycles. The number of fused-ring (bicyclic) bond motifs is 1. The molecule has 6 heteroatoms. The Morgan fingerprint density at radius 2 is 1.61 bits per heavy atom. The van der Waals surface area contributed by atoms with Gasteiger partial charge in [0.2, 0.25) is 11.8 Å². The fraction of sp³-hybridized carbons (Fsp3) is 0.440. The van der Waals surface area contributed by atoms with E-state index in [1.54, 1.807) is 0 Å². The van der Waals surface area contributed by atoms with Crippen LogP contribution in [0.15, 0.2) is 42.5 Å². The summed E-state index contributed by atoms with van der Waals surface area (Å²) >= 11 is 0. The summed E-state index contributed by atoms with van der Waals surface area (Å²) in [5, 5.41) is 4.61. The monoisotopic (exact) mass is 418 g/mol. The Balaban J connectivity index is 1.19. The second-order valence-electron chi connectivity index (χ2n) is 8.85. The van der Waals surface area contributed by atoms with Crippen LogP contribution in [-0.2, 0) is 22.6 Å². The van der Waals surface area contributed by atoms with Crippen LogP contribution in [0.2, 0.25) is 0 Å². The zero-order valence-electron chi connectivity index (χ0n) is 17.9. The lowest BCUT2D eigenvalue weighted by Crippen LogP contribution is -2.44. The van der Waals surface area contributed by atoms with Gasteiger partial charge in [0, 0.05) is 38.2 Å². The fourth-order valence-corrected chi connectivity index (χ4v) is 4.97. The molecule has 0 bridgehead atoms. The minimum absolute atomic E-state index is 0.147. The molecule has 2 N–H and O–H groups in total. The highest BCUT2D eigenvalue weighted by Crippen LogP contribution is 2.32. The van der Waals surface area contributed by atoms with E-state index in [-0.39, 0.29) is 11.8 Å². The zero-order valence-corrected chi connectivity index (χ0v) is 17.9. The van der Waals surface area contributed by atoms with Crippen molar-refractivity contribution in [1.82, 2.24) is 10.3 Å². The van der Waals surface area contributed by atoms with Gasteiger partial charge in [-0.05, 0) is 79.1 Å². The maximum atomic E-state index is 12.0. The minimum Gasteiger partial charge on any atom is -0.371 e. The number of piperidine rings is 2. The number of hydrogen-bond donors (Lipinski definition) is 2. The van der Waals surface area contributed by atoms with Gasteiger partial charge in [0.05, 0.1) is 5.69 Å². The molecule has 0 spiro atoms. The predicted molar refractivity (Wildman–Crippen MR) is 122 cm³/mol.